The van der Waals surface area contributed by atoms with Crippen molar-refractivity contribution < 1.29 is 9.90 Å². The van der Waals surface area contributed by atoms with E-state index in [1.165, 1.54) is 0 Å². The molecule has 0 aliphatic heterocycles. The number of carboxylic acids is 1. The van der Waals surface area contributed by atoms with Gasteiger partial charge >= 0.3 is 5.97 Å². The van der Waals surface area contributed by atoms with Crippen LogP contribution in [-0.4, -0.2) is 17.6 Å². The van der Waals surface area contributed by atoms with Crippen LogP contribution >= 0.6 is 11.6 Å². The number of nitrogens with one attached hydrogen (secondary N) is 1. The highest BCUT2D eigenvalue weighted by Gasteiger charge is 2.20. The molecule has 0 heterocycles. The maximum absolute atomic E-state index is 11.4. The summed E-state index contributed by atoms with van der Waals surface area (Å²) in [4.78, 5) is 11.4. The van der Waals surface area contributed by atoms with E-state index in [9.17, 15) is 9.90 Å². The molecule has 0 spiro atoms. The van der Waals surface area contributed by atoms with Crippen molar-refractivity contribution >= 4 is 17.6 Å². The van der Waals surface area contributed by atoms with Crippen molar-refractivity contribution in [3.63, 3.8) is 0 Å². The molecule has 110 valence electrons. The highest BCUT2D eigenvalue weighted by Crippen LogP contribution is 2.23. The van der Waals surface area contributed by atoms with Crippen LogP contribution in [0, 0.1) is 0 Å². The first-order valence-corrected chi connectivity index (χ1v) is 7.23. The SMILES string of the molecule is C[C@H](NCC(C(=O)O)c1ccccc1)c1ccccc1Cl. The lowest BCUT2D eigenvalue weighted by Crippen LogP contribution is -2.29. The zero-order valence-electron chi connectivity index (χ0n) is 11.8. The van der Waals surface area contributed by atoms with Gasteiger partial charge in [-0.25, -0.2) is 0 Å². The van der Waals surface area contributed by atoms with Crippen molar-refractivity contribution in [2.45, 2.75) is 18.9 Å². The Balaban J connectivity index is 2.06. The fraction of sp³-hybridized carbons (Fsp3) is 0.235. The molecule has 0 radical (unpaired) electrons. The molecule has 2 atom stereocenters. The van der Waals surface area contributed by atoms with Crippen LogP contribution in [0.1, 0.15) is 30.0 Å². The largest absolute Gasteiger partial charge is 0.481 e. The first-order valence-electron chi connectivity index (χ1n) is 6.85. The van der Waals surface area contributed by atoms with Crippen molar-refractivity contribution in [3.8, 4) is 0 Å². The van der Waals surface area contributed by atoms with E-state index >= 15 is 0 Å². The van der Waals surface area contributed by atoms with E-state index in [2.05, 4.69) is 5.32 Å². The van der Waals surface area contributed by atoms with Gasteiger partial charge in [0.15, 0.2) is 0 Å². The average molecular weight is 304 g/mol. The van der Waals surface area contributed by atoms with Crippen LogP contribution in [0.3, 0.4) is 0 Å². The molecule has 1 unspecified atom stereocenters. The Labute approximate surface area is 129 Å². The molecule has 0 bridgehead atoms. The third kappa shape index (κ3) is 4.06. The highest BCUT2D eigenvalue weighted by atomic mass is 35.5. The van der Waals surface area contributed by atoms with Crippen LogP contribution in [0.25, 0.3) is 0 Å². The molecule has 3 nitrogen and oxygen atoms in total. The Morgan fingerprint density at radius 2 is 1.76 bits per heavy atom. The van der Waals surface area contributed by atoms with Crippen molar-refractivity contribution in [2.24, 2.45) is 0 Å². The van der Waals surface area contributed by atoms with Gasteiger partial charge in [0.25, 0.3) is 0 Å². The van der Waals surface area contributed by atoms with Crippen LogP contribution in [0.15, 0.2) is 54.6 Å². The standard InChI is InChI=1S/C17H18ClNO2/c1-12(14-9-5-6-10-16(14)18)19-11-15(17(20)21)13-7-3-2-4-8-13/h2-10,12,15,19H,11H2,1H3,(H,20,21)/t12-,15?/m0/s1. The molecule has 0 amide bonds. The van der Waals surface area contributed by atoms with Gasteiger partial charge in [0.05, 0.1) is 5.92 Å². The molecule has 0 aromatic heterocycles. The first kappa shape index (κ1) is 15.5. The summed E-state index contributed by atoms with van der Waals surface area (Å²) in [6.45, 7) is 2.33. The van der Waals surface area contributed by atoms with Gasteiger partial charge < -0.3 is 10.4 Å². The Bertz CT molecular complexity index is 601. The Hall–Kier alpha value is -1.84. The average Bonchev–Trinajstić information content (AvgIpc) is 2.48. The summed E-state index contributed by atoms with van der Waals surface area (Å²) in [5.74, 6) is -1.41. The second kappa shape index (κ2) is 7.25. The Kier molecular flexibility index (Phi) is 5.37. The minimum absolute atomic E-state index is 0.00994. The van der Waals surface area contributed by atoms with E-state index < -0.39 is 11.9 Å². The summed E-state index contributed by atoms with van der Waals surface area (Å²) in [5, 5.41) is 13.3. The Morgan fingerprint density at radius 3 is 2.38 bits per heavy atom. The third-order valence-corrected chi connectivity index (χ3v) is 3.84. The fourth-order valence-corrected chi connectivity index (χ4v) is 2.56. The van der Waals surface area contributed by atoms with Gasteiger partial charge in [-0.1, -0.05) is 60.1 Å². The van der Waals surface area contributed by atoms with Gasteiger partial charge in [0.1, 0.15) is 0 Å². The Morgan fingerprint density at radius 1 is 1.14 bits per heavy atom. The van der Waals surface area contributed by atoms with Crippen molar-refractivity contribution in [3.05, 3.63) is 70.7 Å². The number of rotatable bonds is 6. The zero-order chi connectivity index (χ0) is 15.2. The van der Waals surface area contributed by atoms with Gasteiger partial charge in [-0.15, -0.1) is 0 Å². The summed E-state index contributed by atoms with van der Waals surface area (Å²) >= 11 is 6.16. The molecule has 0 fully saturated rings. The van der Waals surface area contributed by atoms with Crippen molar-refractivity contribution in [1.82, 2.24) is 5.32 Å². The molecular weight excluding hydrogens is 286 g/mol. The second-order valence-electron chi connectivity index (χ2n) is 4.95. The number of carboxylic acid groups (broad SMARTS) is 1. The number of hydrogen-bond donors (Lipinski definition) is 2. The van der Waals surface area contributed by atoms with Crippen LogP contribution in [0.2, 0.25) is 5.02 Å². The van der Waals surface area contributed by atoms with Gasteiger partial charge in [-0.05, 0) is 24.1 Å². The molecule has 2 aromatic carbocycles. The van der Waals surface area contributed by atoms with E-state index in [4.69, 9.17) is 11.6 Å². The molecule has 4 heteroatoms. The minimum atomic E-state index is -0.833. The second-order valence-corrected chi connectivity index (χ2v) is 5.36. The minimum Gasteiger partial charge on any atom is -0.481 e. The fourth-order valence-electron chi connectivity index (χ4n) is 2.26. The summed E-state index contributed by atoms with van der Waals surface area (Å²) in [6, 6.07) is 16.8. The molecule has 0 saturated heterocycles. The molecule has 0 aliphatic rings. The monoisotopic (exact) mass is 303 g/mol. The first-order chi connectivity index (χ1) is 10.1. The maximum atomic E-state index is 11.4. The van der Waals surface area contributed by atoms with Gasteiger partial charge in [-0.3, -0.25) is 4.79 Å². The number of aliphatic carboxylic acids is 1. The molecule has 2 aromatic rings. The predicted molar refractivity (Wildman–Crippen MR) is 84.7 cm³/mol. The van der Waals surface area contributed by atoms with Crippen LogP contribution < -0.4 is 5.32 Å². The van der Waals surface area contributed by atoms with E-state index in [0.29, 0.717) is 11.6 Å². The van der Waals surface area contributed by atoms with E-state index in [1.54, 1.807) is 0 Å². The number of hydrogen-bond acceptors (Lipinski definition) is 2. The van der Waals surface area contributed by atoms with Crippen LogP contribution in [-0.2, 0) is 4.79 Å². The van der Waals surface area contributed by atoms with Crippen molar-refractivity contribution in [1.29, 1.82) is 0 Å². The number of benzene rings is 2. The predicted octanol–water partition coefficient (Wildman–Crippen LogP) is 3.86. The maximum Gasteiger partial charge on any atom is 0.312 e. The number of halogens is 1. The highest BCUT2D eigenvalue weighted by molar-refractivity contribution is 6.31. The lowest BCUT2D eigenvalue weighted by atomic mass is 9.98. The summed E-state index contributed by atoms with van der Waals surface area (Å²) < 4.78 is 0. The normalized spacial score (nSPS) is 13.6. The lowest BCUT2D eigenvalue weighted by molar-refractivity contribution is -0.138. The molecule has 0 aliphatic carbocycles. The van der Waals surface area contributed by atoms with Crippen molar-refractivity contribution in [2.75, 3.05) is 6.54 Å². The zero-order valence-corrected chi connectivity index (χ0v) is 12.5. The molecular formula is C17H18ClNO2. The molecule has 0 saturated carbocycles. The molecule has 2 N–H and O–H groups in total. The van der Waals surface area contributed by atoms with Gasteiger partial charge in [0.2, 0.25) is 0 Å². The summed E-state index contributed by atoms with van der Waals surface area (Å²) in [6.07, 6.45) is 0. The summed E-state index contributed by atoms with van der Waals surface area (Å²) in [7, 11) is 0. The van der Waals surface area contributed by atoms with Crippen LogP contribution in [0.4, 0.5) is 0 Å². The quantitative estimate of drug-likeness (QED) is 0.852. The summed E-state index contributed by atoms with van der Waals surface area (Å²) in [5.41, 5.74) is 1.76. The lowest BCUT2D eigenvalue weighted by Gasteiger charge is -2.19. The smallest absolute Gasteiger partial charge is 0.312 e. The van der Waals surface area contributed by atoms with E-state index in [-0.39, 0.29) is 6.04 Å². The van der Waals surface area contributed by atoms with Gasteiger partial charge in [0, 0.05) is 17.6 Å². The van der Waals surface area contributed by atoms with Gasteiger partial charge in [-0.2, -0.15) is 0 Å². The van der Waals surface area contributed by atoms with Crippen LogP contribution in [0.5, 0.6) is 0 Å². The molecule has 21 heavy (non-hydrogen) atoms. The number of carbonyl (C=O) groups is 1. The third-order valence-electron chi connectivity index (χ3n) is 3.50. The topological polar surface area (TPSA) is 49.3 Å². The molecule has 2 rings (SSSR count). The van der Waals surface area contributed by atoms with E-state index in [0.717, 1.165) is 11.1 Å². The van der Waals surface area contributed by atoms with E-state index in [1.807, 2.05) is 61.5 Å².